The standard InChI is InChI=1S/C20H16F2N2OS/c1-4-7-24-19-16(22)10-15(21)11-17(19)26-20(24)23-18(25)9-14-8-12(2)5-6-13(14)3/h1,5-6,8,10-11H,7,9H2,2-3H3. The van der Waals surface area contributed by atoms with Crippen LogP contribution >= 0.6 is 11.3 Å². The Labute approximate surface area is 153 Å². The predicted molar refractivity (Wildman–Crippen MR) is 98.8 cm³/mol. The minimum absolute atomic E-state index is 0.0398. The van der Waals surface area contributed by atoms with Gasteiger partial charge in [-0.15, -0.1) is 6.42 Å². The summed E-state index contributed by atoms with van der Waals surface area (Å²) in [4.78, 5) is 16.8. The second-order valence-electron chi connectivity index (χ2n) is 6.02. The highest BCUT2D eigenvalue weighted by molar-refractivity contribution is 7.16. The van der Waals surface area contributed by atoms with Crippen LogP contribution < -0.4 is 4.80 Å². The number of aryl methyl sites for hydroxylation is 2. The van der Waals surface area contributed by atoms with Gasteiger partial charge in [0.15, 0.2) is 10.6 Å². The van der Waals surface area contributed by atoms with E-state index in [0.29, 0.717) is 4.70 Å². The fourth-order valence-electron chi connectivity index (χ4n) is 2.75. The maximum absolute atomic E-state index is 14.2. The minimum Gasteiger partial charge on any atom is -0.302 e. The van der Waals surface area contributed by atoms with E-state index in [1.54, 1.807) is 0 Å². The Balaban J connectivity index is 2.07. The Morgan fingerprint density at radius 1 is 1.27 bits per heavy atom. The maximum Gasteiger partial charge on any atom is 0.252 e. The van der Waals surface area contributed by atoms with E-state index in [1.807, 2.05) is 32.0 Å². The summed E-state index contributed by atoms with van der Waals surface area (Å²) in [5.41, 5.74) is 3.11. The molecule has 0 atom stereocenters. The van der Waals surface area contributed by atoms with E-state index in [4.69, 9.17) is 6.42 Å². The molecular weight excluding hydrogens is 354 g/mol. The molecule has 0 aliphatic heterocycles. The van der Waals surface area contributed by atoms with E-state index < -0.39 is 11.6 Å². The highest BCUT2D eigenvalue weighted by Crippen LogP contribution is 2.22. The van der Waals surface area contributed by atoms with Crippen LogP contribution in [0.1, 0.15) is 16.7 Å². The number of amides is 1. The van der Waals surface area contributed by atoms with Crippen LogP contribution in [0.2, 0.25) is 0 Å². The van der Waals surface area contributed by atoms with Gasteiger partial charge in [-0.1, -0.05) is 41.0 Å². The van der Waals surface area contributed by atoms with Crippen molar-refractivity contribution in [3.8, 4) is 12.3 Å². The molecule has 132 valence electrons. The summed E-state index contributed by atoms with van der Waals surface area (Å²) >= 11 is 1.04. The normalized spacial score (nSPS) is 11.7. The Kier molecular flexibility index (Phi) is 5.01. The molecular formula is C20H16F2N2OS. The molecule has 2 aromatic carbocycles. The average molecular weight is 370 g/mol. The van der Waals surface area contributed by atoms with Crippen molar-refractivity contribution < 1.29 is 13.6 Å². The van der Waals surface area contributed by atoms with Gasteiger partial charge in [-0.25, -0.2) is 8.78 Å². The van der Waals surface area contributed by atoms with Crippen molar-refractivity contribution in [3.63, 3.8) is 0 Å². The van der Waals surface area contributed by atoms with E-state index in [9.17, 15) is 13.6 Å². The topological polar surface area (TPSA) is 34.4 Å². The molecule has 6 heteroatoms. The summed E-state index contributed by atoms with van der Waals surface area (Å²) in [7, 11) is 0. The first-order chi connectivity index (χ1) is 12.4. The second-order valence-corrected chi connectivity index (χ2v) is 7.03. The molecule has 3 rings (SSSR count). The van der Waals surface area contributed by atoms with Gasteiger partial charge in [-0.05, 0) is 31.0 Å². The predicted octanol–water partition coefficient (Wildman–Crippen LogP) is 3.90. The number of rotatable bonds is 3. The second kappa shape index (κ2) is 7.22. The fourth-order valence-corrected chi connectivity index (χ4v) is 3.84. The molecule has 3 nitrogen and oxygen atoms in total. The summed E-state index contributed by atoms with van der Waals surface area (Å²) in [6, 6.07) is 7.88. The molecule has 1 amide bonds. The molecule has 0 radical (unpaired) electrons. The van der Waals surface area contributed by atoms with Crippen molar-refractivity contribution in [2.24, 2.45) is 4.99 Å². The first-order valence-corrected chi connectivity index (χ1v) is 8.76. The minimum atomic E-state index is -0.727. The van der Waals surface area contributed by atoms with Crippen LogP contribution in [0, 0.1) is 37.8 Å². The molecule has 0 saturated carbocycles. The number of thiazole rings is 1. The molecule has 0 unspecified atom stereocenters. The Bertz CT molecular complexity index is 1120. The lowest BCUT2D eigenvalue weighted by Gasteiger charge is -2.04. The molecule has 0 fully saturated rings. The number of carbonyl (C=O) groups is 1. The van der Waals surface area contributed by atoms with Gasteiger partial charge >= 0.3 is 0 Å². The third-order valence-electron chi connectivity index (χ3n) is 4.01. The monoisotopic (exact) mass is 370 g/mol. The Morgan fingerprint density at radius 3 is 2.77 bits per heavy atom. The van der Waals surface area contributed by atoms with Crippen molar-refractivity contribution in [2.75, 3.05) is 0 Å². The highest BCUT2D eigenvalue weighted by Gasteiger charge is 2.14. The molecule has 0 bridgehead atoms. The summed E-state index contributed by atoms with van der Waals surface area (Å²) in [6.07, 6.45) is 5.49. The molecule has 1 heterocycles. The third-order valence-corrected chi connectivity index (χ3v) is 5.04. The first kappa shape index (κ1) is 18.0. The summed E-state index contributed by atoms with van der Waals surface area (Å²) in [5.74, 6) is 0.648. The molecule has 26 heavy (non-hydrogen) atoms. The fraction of sp³-hybridized carbons (Fsp3) is 0.200. The van der Waals surface area contributed by atoms with Gasteiger partial charge in [0.1, 0.15) is 5.82 Å². The molecule has 1 aromatic heterocycles. The van der Waals surface area contributed by atoms with Crippen molar-refractivity contribution in [1.82, 2.24) is 4.57 Å². The van der Waals surface area contributed by atoms with Crippen LogP contribution in [-0.2, 0) is 17.8 Å². The zero-order valence-electron chi connectivity index (χ0n) is 14.3. The number of terminal acetylenes is 1. The number of aromatic nitrogens is 1. The molecule has 3 aromatic rings. The summed E-state index contributed by atoms with van der Waals surface area (Å²) in [5, 5.41) is 0. The van der Waals surface area contributed by atoms with E-state index in [2.05, 4.69) is 10.9 Å². The van der Waals surface area contributed by atoms with Gasteiger partial charge < -0.3 is 4.57 Å². The van der Waals surface area contributed by atoms with Gasteiger partial charge in [0, 0.05) is 6.07 Å². The zero-order chi connectivity index (χ0) is 18.8. The van der Waals surface area contributed by atoms with E-state index >= 15 is 0 Å². The number of halogens is 2. The number of hydrogen-bond acceptors (Lipinski definition) is 2. The number of benzene rings is 2. The lowest BCUT2D eigenvalue weighted by Crippen LogP contribution is -2.17. The molecule has 0 N–H and O–H groups in total. The zero-order valence-corrected chi connectivity index (χ0v) is 15.2. The Hall–Kier alpha value is -2.78. The Morgan fingerprint density at radius 2 is 2.04 bits per heavy atom. The van der Waals surface area contributed by atoms with Crippen molar-refractivity contribution in [1.29, 1.82) is 0 Å². The molecule has 0 saturated heterocycles. The number of nitrogens with zero attached hydrogens (tertiary/aromatic N) is 2. The largest absolute Gasteiger partial charge is 0.302 e. The molecule has 0 spiro atoms. The van der Waals surface area contributed by atoms with Gasteiger partial charge in [0.2, 0.25) is 0 Å². The number of fused-ring (bicyclic) bond motifs is 1. The van der Waals surface area contributed by atoms with Crippen molar-refractivity contribution in [2.45, 2.75) is 26.8 Å². The van der Waals surface area contributed by atoms with Crippen LogP contribution in [0.4, 0.5) is 8.78 Å². The number of hydrogen-bond donors (Lipinski definition) is 0. The van der Waals surface area contributed by atoms with E-state index in [1.165, 1.54) is 10.6 Å². The SMILES string of the molecule is C#CCn1c(=NC(=O)Cc2cc(C)ccc2C)sc2cc(F)cc(F)c21. The molecule has 0 aliphatic rings. The van der Waals surface area contributed by atoms with Crippen LogP contribution in [0.25, 0.3) is 10.2 Å². The quantitative estimate of drug-likeness (QED) is 0.644. The molecule has 0 aliphatic carbocycles. The van der Waals surface area contributed by atoms with E-state index in [0.717, 1.165) is 34.1 Å². The van der Waals surface area contributed by atoms with Crippen LogP contribution in [0.5, 0.6) is 0 Å². The van der Waals surface area contributed by atoms with Crippen molar-refractivity contribution >= 4 is 27.5 Å². The lowest BCUT2D eigenvalue weighted by molar-refractivity contribution is -0.117. The maximum atomic E-state index is 14.2. The van der Waals surface area contributed by atoms with Gasteiger partial charge in [0.05, 0.1) is 23.2 Å². The summed E-state index contributed by atoms with van der Waals surface area (Å²) in [6.45, 7) is 3.92. The van der Waals surface area contributed by atoms with Crippen LogP contribution in [0.3, 0.4) is 0 Å². The lowest BCUT2D eigenvalue weighted by atomic mass is 10.0. The van der Waals surface area contributed by atoms with E-state index in [-0.39, 0.29) is 29.2 Å². The number of carbonyl (C=O) groups excluding carboxylic acids is 1. The van der Waals surface area contributed by atoms with Crippen molar-refractivity contribution in [3.05, 3.63) is 63.5 Å². The van der Waals surface area contributed by atoms with Gasteiger partial charge in [0.25, 0.3) is 5.91 Å². The van der Waals surface area contributed by atoms with Crippen LogP contribution in [-0.4, -0.2) is 10.5 Å². The highest BCUT2D eigenvalue weighted by atomic mass is 32.1. The average Bonchev–Trinajstić information content (AvgIpc) is 2.88. The first-order valence-electron chi connectivity index (χ1n) is 7.94. The summed E-state index contributed by atoms with van der Waals surface area (Å²) < 4.78 is 29.4. The smallest absolute Gasteiger partial charge is 0.252 e. The third kappa shape index (κ3) is 3.58. The van der Waals surface area contributed by atoms with Gasteiger partial charge in [-0.2, -0.15) is 4.99 Å². The van der Waals surface area contributed by atoms with Crippen LogP contribution in [0.15, 0.2) is 35.3 Å². The van der Waals surface area contributed by atoms with Gasteiger partial charge in [-0.3, -0.25) is 4.79 Å².